The van der Waals surface area contributed by atoms with E-state index in [2.05, 4.69) is 51.6 Å². The van der Waals surface area contributed by atoms with Crippen LogP contribution in [0.4, 0.5) is 0 Å². The Morgan fingerprint density at radius 1 is 0.468 bits per heavy atom. The fraction of sp³-hybridized carbons (Fsp3) is 0.951. The Morgan fingerprint density at radius 2 is 0.830 bits per heavy atom. The largest absolute Gasteiger partial charge is 0.466 e. The van der Waals surface area contributed by atoms with Crippen LogP contribution in [0.5, 0.6) is 0 Å². The van der Waals surface area contributed by atoms with Crippen molar-refractivity contribution in [2.75, 3.05) is 53.5 Å². The third kappa shape index (κ3) is 31.9. The highest BCUT2D eigenvalue weighted by Crippen LogP contribution is 2.17. The zero-order valence-corrected chi connectivity index (χ0v) is 32.6. The van der Waals surface area contributed by atoms with Gasteiger partial charge in [0, 0.05) is 25.9 Å². The van der Waals surface area contributed by atoms with Crippen LogP contribution in [0, 0.1) is 11.8 Å². The van der Waals surface area contributed by atoms with Gasteiger partial charge in [0.2, 0.25) is 0 Å². The van der Waals surface area contributed by atoms with Gasteiger partial charge in [-0.2, -0.15) is 0 Å². The second-order valence-electron chi connectivity index (χ2n) is 14.6. The smallest absolute Gasteiger partial charge is 0.305 e. The lowest BCUT2D eigenvalue weighted by Crippen LogP contribution is -2.33. The Balaban J connectivity index is 3.78. The van der Waals surface area contributed by atoms with Crippen LogP contribution < -0.4 is 0 Å². The van der Waals surface area contributed by atoms with Crippen molar-refractivity contribution >= 4 is 11.9 Å². The van der Waals surface area contributed by atoms with Gasteiger partial charge < -0.3 is 19.3 Å². The van der Waals surface area contributed by atoms with Gasteiger partial charge in [-0.1, -0.05) is 137 Å². The highest BCUT2D eigenvalue weighted by Gasteiger charge is 2.10. The minimum Gasteiger partial charge on any atom is -0.466 e. The van der Waals surface area contributed by atoms with Crippen LogP contribution in [-0.2, 0) is 19.1 Å². The number of hydrogen-bond acceptors (Lipinski definition) is 6. The zero-order valence-electron chi connectivity index (χ0n) is 32.6. The van der Waals surface area contributed by atoms with E-state index in [-0.39, 0.29) is 11.9 Å². The Labute approximate surface area is 293 Å². The van der Waals surface area contributed by atoms with Crippen LogP contribution in [-0.4, -0.2) is 75.2 Å². The molecule has 0 aromatic carbocycles. The number of rotatable bonds is 36. The summed E-state index contributed by atoms with van der Waals surface area (Å²) in [6, 6.07) is 0. The normalized spacial score (nSPS) is 12.9. The quantitative estimate of drug-likeness (QED) is 0.0490. The molecule has 0 aliphatic carbocycles. The molecule has 0 aliphatic heterocycles. The molecule has 0 radical (unpaired) electrons. The number of carbonyl (C=O) groups is 2. The first kappa shape index (κ1) is 45.9. The molecule has 0 saturated heterocycles. The molecule has 6 heteroatoms. The maximum atomic E-state index is 12.0. The topological polar surface area (TPSA) is 59.1 Å². The molecule has 0 saturated carbocycles. The molecular formula is C41H82N2O4. The number of ether oxygens (including phenoxy) is 2. The summed E-state index contributed by atoms with van der Waals surface area (Å²) < 4.78 is 10.9. The molecule has 0 aliphatic rings. The third-order valence-corrected chi connectivity index (χ3v) is 9.95. The first-order valence-electron chi connectivity index (χ1n) is 20.5. The van der Waals surface area contributed by atoms with E-state index in [0.29, 0.717) is 37.9 Å². The summed E-state index contributed by atoms with van der Waals surface area (Å²) in [6.45, 7) is 14.9. The predicted molar refractivity (Wildman–Crippen MR) is 202 cm³/mol. The van der Waals surface area contributed by atoms with Crippen LogP contribution in [0.1, 0.15) is 188 Å². The Morgan fingerprint density at radius 3 is 1.17 bits per heavy atom. The van der Waals surface area contributed by atoms with E-state index in [9.17, 15) is 9.59 Å². The number of likely N-dealkylation sites (N-methyl/N-ethyl adjacent to an activating group) is 1. The molecule has 0 rings (SSSR count). The average Bonchev–Trinajstić information content (AvgIpc) is 3.05. The minimum absolute atomic E-state index is 0.000715. The number of unbranched alkanes of at least 4 members (excludes halogenated alkanes) is 13. The van der Waals surface area contributed by atoms with Gasteiger partial charge in [-0.25, -0.2) is 0 Å². The average molecular weight is 667 g/mol. The lowest BCUT2D eigenvalue weighted by molar-refractivity contribution is -0.145. The van der Waals surface area contributed by atoms with Crippen molar-refractivity contribution in [2.45, 2.75) is 188 Å². The van der Waals surface area contributed by atoms with Crippen LogP contribution >= 0.6 is 0 Å². The first-order valence-corrected chi connectivity index (χ1v) is 20.5. The Bertz CT molecular complexity index is 686. The Hall–Kier alpha value is -1.14. The van der Waals surface area contributed by atoms with Crippen LogP contribution in [0.25, 0.3) is 0 Å². The van der Waals surface area contributed by atoms with Gasteiger partial charge in [0.15, 0.2) is 0 Å². The molecule has 2 unspecified atom stereocenters. The number of nitrogens with zero attached hydrogens (tertiary/aromatic N) is 2. The number of hydrogen-bond donors (Lipinski definition) is 0. The molecule has 280 valence electrons. The van der Waals surface area contributed by atoms with E-state index in [1.165, 1.54) is 129 Å². The monoisotopic (exact) mass is 667 g/mol. The highest BCUT2D eigenvalue weighted by atomic mass is 16.5. The van der Waals surface area contributed by atoms with Crippen molar-refractivity contribution < 1.29 is 19.1 Å². The van der Waals surface area contributed by atoms with Crippen molar-refractivity contribution in [3.05, 3.63) is 0 Å². The van der Waals surface area contributed by atoms with Gasteiger partial charge in [-0.05, 0) is 77.5 Å². The van der Waals surface area contributed by atoms with Gasteiger partial charge in [-0.15, -0.1) is 0 Å². The van der Waals surface area contributed by atoms with Crippen LogP contribution in [0.15, 0.2) is 0 Å². The van der Waals surface area contributed by atoms with Gasteiger partial charge in [0.25, 0.3) is 0 Å². The van der Waals surface area contributed by atoms with Crippen LogP contribution in [0.3, 0.4) is 0 Å². The molecule has 0 amide bonds. The summed E-state index contributed by atoms with van der Waals surface area (Å²) in [5.41, 5.74) is 0. The first-order chi connectivity index (χ1) is 22.9. The molecule has 0 heterocycles. The highest BCUT2D eigenvalue weighted by molar-refractivity contribution is 5.69. The van der Waals surface area contributed by atoms with Crippen molar-refractivity contribution in [1.82, 2.24) is 9.80 Å². The standard InChI is InChI=1S/C41H82N2O4/c1-7-26-38(9-3)30-36-46-40(44)28-22-18-14-11-12-16-20-24-32-43(35-34-42(5)6)33-25-21-17-13-15-19-23-29-41(45)47-37-31-39(10-4)27-8-2/h38-39H,7-37H2,1-6H3. The van der Waals surface area contributed by atoms with E-state index in [1.54, 1.807) is 0 Å². The van der Waals surface area contributed by atoms with Crippen molar-refractivity contribution in [3.63, 3.8) is 0 Å². The summed E-state index contributed by atoms with van der Waals surface area (Å²) >= 11 is 0. The Kier molecular flexibility index (Phi) is 33.9. The molecule has 47 heavy (non-hydrogen) atoms. The fourth-order valence-corrected chi connectivity index (χ4v) is 6.58. The maximum Gasteiger partial charge on any atom is 0.305 e. The molecular weight excluding hydrogens is 584 g/mol. The van der Waals surface area contributed by atoms with Crippen molar-refractivity contribution in [2.24, 2.45) is 11.8 Å². The summed E-state index contributed by atoms with van der Waals surface area (Å²) in [4.78, 5) is 29.0. The summed E-state index contributed by atoms with van der Waals surface area (Å²) in [7, 11) is 4.35. The van der Waals surface area contributed by atoms with E-state index in [1.807, 2.05) is 0 Å². The van der Waals surface area contributed by atoms with Crippen LogP contribution in [0.2, 0.25) is 0 Å². The summed E-state index contributed by atoms with van der Waals surface area (Å²) in [5, 5.41) is 0. The maximum absolute atomic E-state index is 12.0. The third-order valence-electron chi connectivity index (χ3n) is 9.95. The fourth-order valence-electron chi connectivity index (χ4n) is 6.58. The second kappa shape index (κ2) is 34.7. The molecule has 0 N–H and O–H groups in total. The van der Waals surface area contributed by atoms with Gasteiger partial charge in [-0.3, -0.25) is 9.59 Å². The predicted octanol–water partition coefficient (Wildman–Crippen LogP) is 11.0. The molecule has 0 aromatic heterocycles. The van der Waals surface area contributed by atoms with Gasteiger partial charge in [0.05, 0.1) is 13.2 Å². The number of carbonyl (C=O) groups excluding carboxylic acids is 2. The van der Waals surface area contributed by atoms with Crippen molar-refractivity contribution in [3.8, 4) is 0 Å². The van der Waals surface area contributed by atoms with Crippen molar-refractivity contribution in [1.29, 1.82) is 0 Å². The van der Waals surface area contributed by atoms with E-state index in [0.717, 1.165) is 45.1 Å². The minimum atomic E-state index is -0.00165. The molecule has 0 spiro atoms. The molecule has 2 atom stereocenters. The molecule has 0 fully saturated rings. The lowest BCUT2D eigenvalue weighted by atomic mass is 9.98. The van der Waals surface area contributed by atoms with E-state index < -0.39 is 0 Å². The SMILES string of the molecule is CCCC(CC)CCOC(=O)CCCCCCCCCCN(CCCCCCCCCC(=O)OCCC(CC)CCC)CCN(C)C. The van der Waals surface area contributed by atoms with Gasteiger partial charge in [0.1, 0.15) is 0 Å². The second-order valence-corrected chi connectivity index (χ2v) is 14.6. The molecule has 0 aromatic rings. The lowest BCUT2D eigenvalue weighted by Gasteiger charge is -2.24. The summed E-state index contributed by atoms with van der Waals surface area (Å²) in [6.07, 6.45) is 29.0. The molecule has 0 bridgehead atoms. The zero-order chi connectivity index (χ0) is 34.8. The molecule has 6 nitrogen and oxygen atoms in total. The summed E-state index contributed by atoms with van der Waals surface area (Å²) in [5.74, 6) is 1.40. The number of esters is 2. The van der Waals surface area contributed by atoms with E-state index in [4.69, 9.17) is 9.47 Å². The van der Waals surface area contributed by atoms with Gasteiger partial charge >= 0.3 is 11.9 Å². The van der Waals surface area contributed by atoms with E-state index >= 15 is 0 Å².